The molecule has 0 saturated heterocycles. The van der Waals surface area contributed by atoms with E-state index in [0.29, 0.717) is 6.54 Å². The predicted molar refractivity (Wildman–Crippen MR) is 57.1 cm³/mol. The van der Waals surface area contributed by atoms with Gasteiger partial charge in [-0.3, -0.25) is 0 Å². The zero-order valence-electron chi connectivity index (χ0n) is 7.67. The Hall–Kier alpha value is -0.390. The van der Waals surface area contributed by atoms with E-state index in [1.165, 1.54) is 11.1 Å². The van der Waals surface area contributed by atoms with Crippen LogP contribution in [0.15, 0.2) is 24.3 Å². The van der Waals surface area contributed by atoms with Crippen molar-refractivity contribution in [3.63, 3.8) is 0 Å². The van der Waals surface area contributed by atoms with E-state index in [9.17, 15) is 0 Å². The second-order valence-electron chi connectivity index (χ2n) is 3.62. The number of nitrogens with two attached hydrogens (primary N) is 1. The summed E-state index contributed by atoms with van der Waals surface area (Å²) < 4.78 is 0. The average Bonchev–Trinajstić information content (AvgIpc) is 2.03. The van der Waals surface area contributed by atoms with Crippen LogP contribution in [0.25, 0.3) is 0 Å². The van der Waals surface area contributed by atoms with Crippen LogP contribution in [0.5, 0.6) is 0 Å². The molecular weight excluding hydrogens is 165 g/mol. The topological polar surface area (TPSA) is 26.0 Å². The van der Waals surface area contributed by atoms with E-state index < -0.39 is 0 Å². The van der Waals surface area contributed by atoms with Crippen molar-refractivity contribution in [3.8, 4) is 0 Å². The summed E-state index contributed by atoms with van der Waals surface area (Å²) in [5.74, 6) is 0. The first-order valence-corrected chi connectivity index (χ1v) is 4.70. The maximum Gasteiger partial charge on any atom is 0.0178 e. The van der Waals surface area contributed by atoms with Gasteiger partial charge in [-0.2, -0.15) is 0 Å². The van der Waals surface area contributed by atoms with Gasteiger partial charge in [-0.1, -0.05) is 38.1 Å². The van der Waals surface area contributed by atoms with Gasteiger partial charge in [0.15, 0.2) is 0 Å². The molecule has 0 aliphatic heterocycles. The lowest BCUT2D eigenvalue weighted by Crippen LogP contribution is -2.06. The third-order valence-electron chi connectivity index (χ3n) is 1.93. The normalized spacial score (nSPS) is 11.7. The lowest BCUT2D eigenvalue weighted by Gasteiger charge is -2.18. The molecule has 0 heterocycles. The Bertz CT molecular complexity index is 246. The highest BCUT2D eigenvalue weighted by molar-refractivity contribution is 7.18. The monoisotopic (exact) mass is 181 g/mol. The van der Waals surface area contributed by atoms with Crippen molar-refractivity contribution >= 4 is 9.24 Å². The van der Waals surface area contributed by atoms with Crippen LogP contribution in [0.1, 0.15) is 25.0 Å². The quantitative estimate of drug-likeness (QED) is 0.696. The van der Waals surface area contributed by atoms with Crippen LogP contribution in [0, 0.1) is 0 Å². The van der Waals surface area contributed by atoms with Crippen LogP contribution in [0.2, 0.25) is 0 Å². The van der Waals surface area contributed by atoms with Crippen molar-refractivity contribution in [2.75, 3.05) is 0 Å². The first-order valence-electron chi connectivity index (χ1n) is 4.12. The highest BCUT2D eigenvalue weighted by atomic mass is 31.0. The molecule has 0 aliphatic rings. The molecule has 0 aliphatic carbocycles. The molecule has 0 bridgehead atoms. The van der Waals surface area contributed by atoms with Gasteiger partial charge in [0.2, 0.25) is 0 Å². The van der Waals surface area contributed by atoms with E-state index in [1.807, 2.05) is 0 Å². The molecule has 0 amide bonds. The Morgan fingerprint density at radius 1 is 1.25 bits per heavy atom. The Morgan fingerprint density at radius 2 is 1.75 bits per heavy atom. The maximum absolute atomic E-state index is 5.50. The van der Waals surface area contributed by atoms with Crippen LogP contribution < -0.4 is 5.73 Å². The molecule has 0 saturated carbocycles. The summed E-state index contributed by atoms with van der Waals surface area (Å²) in [6.45, 7) is 4.97. The molecule has 66 valence electrons. The SMILES string of the molecule is CC(C)(P)c1ccc(CN)cc1. The first-order chi connectivity index (χ1) is 5.54. The van der Waals surface area contributed by atoms with Gasteiger partial charge in [0.25, 0.3) is 0 Å². The summed E-state index contributed by atoms with van der Waals surface area (Å²) in [6.07, 6.45) is 0. The number of hydrogen-bond donors (Lipinski definition) is 1. The molecule has 0 aromatic heterocycles. The van der Waals surface area contributed by atoms with E-state index in [4.69, 9.17) is 5.73 Å². The Kier molecular flexibility index (Phi) is 2.87. The summed E-state index contributed by atoms with van der Waals surface area (Å²) in [7, 11) is 2.83. The van der Waals surface area contributed by atoms with Crippen LogP contribution in [0.3, 0.4) is 0 Å². The van der Waals surface area contributed by atoms with E-state index in [1.54, 1.807) is 0 Å². The van der Waals surface area contributed by atoms with Crippen molar-refractivity contribution in [2.45, 2.75) is 25.5 Å². The van der Waals surface area contributed by atoms with Gasteiger partial charge in [0.1, 0.15) is 0 Å². The van der Waals surface area contributed by atoms with Crippen molar-refractivity contribution in [2.24, 2.45) is 5.73 Å². The third-order valence-corrected chi connectivity index (χ3v) is 2.27. The van der Waals surface area contributed by atoms with Gasteiger partial charge >= 0.3 is 0 Å². The Balaban J connectivity index is 2.93. The van der Waals surface area contributed by atoms with Gasteiger partial charge in [0.05, 0.1) is 0 Å². The molecular formula is C10H16NP. The standard InChI is InChI=1S/C10H16NP/c1-10(2,12)9-5-3-8(7-11)4-6-9/h3-6H,7,11-12H2,1-2H3. The Labute approximate surface area is 76.6 Å². The fourth-order valence-electron chi connectivity index (χ4n) is 1.07. The molecule has 1 rings (SSSR count). The smallest absolute Gasteiger partial charge is 0.0178 e. The molecule has 12 heavy (non-hydrogen) atoms. The molecule has 1 unspecified atom stereocenters. The second kappa shape index (κ2) is 3.55. The molecule has 0 spiro atoms. The van der Waals surface area contributed by atoms with Gasteiger partial charge in [0, 0.05) is 11.7 Å². The highest BCUT2D eigenvalue weighted by Gasteiger charge is 2.12. The van der Waals surface area contributed by atoms with Crippen LogP contribution in [-0.4, -0.2) is 0 Å². The molecule has 1 atom stereocenters. The Morgan fingerprint density at radius 3 is 2.08 bits per heavy atom. The van der Waals surface area contributed by atoms with Crippen molar-refractivity contribution in [1.82, 2.24) is 0 Å². The van der Waals surface area contributed by atoms with Crippen molar-refractivity contribution < 1.29 is 0 Å². The number of benzene rings is 1. The molecule has 0 fully saturated rings. The lowest BCUT2D eigenvalue weighted by atomic mass is 10.0. The molecule has 1 aromatic rings. The lowest BCUT2D eigenvalue weighted by molar-refractivity contribution is 0.782. The van der Waals surface area contributed by atoms with Crippen LogP contribution in [-0.2, 0) is 11.7 Å². The summed E-state index contributed by atoms with van der Waals surface area (Å²) in [5, 5.41) is 0.160. The number of hydrogen-bond acceptors (Lipinski definition) is 1. The molecule has 2 N–H and O–H groups in total. The molecule has 1 nitrogen and oxygen atoms in total. The molecule has 0 radical (unpaired) electrons. The van der Waals surface area contributed by atoms with Gasteiger partial charge in [-0.15, -0.1) is 9.24 Å². The third kappa shape index (κ3) is 2.30. The van der Waals surface area contributed by atoms with Crippen molar-refractivity contribution in [1.29, 1.82) is 0 Å². The molecule has 1 aromatic carbocycles. The van der Waals surface area contributed by atoms with Crippen LogP contribution in [0.4, 0.5) is 0 Å². The zero-order valence-corrected chi connectivity index (χ0v) is 8.83. The molecule has 2 heteroatoms. The summed E-state index contributed by atoms with van der Waals surface area (Å²) in [4.78, 5) is 0. The first kappa shape index (κ1) is 9.70. The fourth-order valence-corrected chi connectivity index (χ4v) is 1.26. The highest BCUT2D eigenvalue weighted by Crippen LogP contribution is 2.29. The van der Waals surface area contributed by atoms with Gasteiger partial charge in [-0.05, 0) is 11.1 Å². The van der Waals surface area contributed by atoms with E-state index >= 15 is 0 Å². The summed E-state index contributed by atoms with van der Waals surface area (Å²) in [5.41, 5.74) is 8.02. The largest absolute Gasteiger partial charge is 0.326 e. The minimum Gasteiger partial charge on any atom is -0.326 e. The van der Waals surface area contributed by atoms with E-state index in [0.717, 1.165) is 0 Å². The second-order valence-corrected chi connectivity index (χ2v) is 5.07. The predicted octanol–water partition coefficient (Wildman–Crippen LogP) is 2.26. The minimum absolute atomic E-state index is 0.160. The summed E-state index contributed by atoms with van der Waals surface area (Å²) in [6, 6.07) is 8.44. The maximum atomic E-state index is 5.50. The minimum atomic E-state index is 0.160. The van der Waals surface area contributed by atoms with E-state index in [2.05, 4.69) is 47.4 Å². The van der Waals surface area contributed by atoms with Crippen LogP contribution >= 0.6 is 9.24 Å². The van der Waals surface area contributed by atoms with E-state index in [-0.39, 0.29) is 5.16 Å². The summed E-state index contributed by atoms with van der Waals surface area (Å²) >= 11 is 0. The fraction of sp³-hybridized carbons (Fsp3) is 0.400. The van der Waals surface area contributed by atoms with Crippen molar-refractivity contribution in [3.05, 3.63) is 35.4 Å². The average molecular weight is 181 g/mol. The number of rotatable bonds is 2. The van der Waals surface area contributed by atoms with Gasteiger partial charge < -0.3 is 5.73 Å². The zero-order chi connectivity index (χ0) is 9.19. The van der Waals surface area contributed by atoms with Gasteiger partial charge in [-0.25, -0.2) is 0 Å².